The largest absolute Gasteiger partial charge is 0.319 e. The van der Waals surface area contributed by atoms with Gasteiger partial charge in [-0.1, -0.05) is 19.9 Å². The van der Waals surface area contributed by atoms with Crippen LogP contribution in [0.5, 0.6) is 0 Å². The lowest BCUT2D eigenvalue weighted by Gasteiger charge is -2.33. The van der Waals surface area contributed by atoms with E-state index in [0.717, 1.165) is 27.3 Å². The second-order valence-corrected chi connectivity index (χ2v) is 9.49. The van der Waals surface area contributed by atoms with Crippen LogP contribution in [0.4, 0.5) is 0 Å². The van der Waals surface area contributed by atoms with Crippen LogP contribution in [-0.4, -0.2) is 31.6 Å². The van der Waals surface area contributed by atoms with Gasteiger partial charge in [0.05, 0.1) is 0 Å². The molecule has 0 amide bonds. The molecule has 136 valence electrons. The number of halogens is 2. The molecule has 1 fully saturated rings. The van der Waals surface area contributed by atoms with Crippen molar-refractivity contribution in [2.45, 2.75) is 46.1 Å². The molecule has 0 aliphatic heterocycles. The fourth-order valence-electron chi connectivity index (χ4n) is 3.89. The van der Waals surface area contributed by atoms with E-state index in [1.165, 1.54) is 50.9 Å². The zero-order valence-corrected chi connectivity index (χ0v) is 18.5. The second kappa shape index (κ2) is 10.3. The Bertz CT molecular complexity index is 496. The van der Waals surface area contributed by atoms with E-state index in [9.17, 15) is 0 Å². The number of rotatable bonds is 8. The summed E-state index contributed by atoms with van der Waals surface area (Å²) < 4.78 is 2.28. The van der Waals surface area contributed by atoms with Crippen molar-refractivity contribution in [2.24, 2.45) is 17.8 Å². The molecule has 2 rings (SSSR count). The molecule has 24 heavy (non-hydrogen) atoms. The number of hydrogen-bond donors (Lipinski definition) is 1. The summed E-state index contributed by atoms with van der Waals surface area (Å²) in [6.45, 7) is 9.33. The maximum atomic E-state index is 3.64. The van der Waals surface area contributed by atoms with Gasteiger partial charge in [0.2, 0.25) is 0 Å². The molecule has 0 unspecified atom stereocenters. The third kappa shape index (κ3) is 6.78. The molecule has 4 heteroatoms. The topological polar surface area (TPSA) is 15.3 Å². The molecule has 0 atom stereocenters. The Morgan fingerprint density at radius 1 is 1.08 bits per heavy atom. The molecule has 1 aromatic carbocycles. The van der Waals surface area contributed by atoms with Gasteiger partial charge in [-0.25, -0.2) is 0 Å². The minimum absolute atomic E-state index is 0.713. The van der Waals surface area contributed by atoms with Gasteiger partial charge in [0, 0.05) is 28.6 Å². The second-order valence-electron chi connectivity index (χ2n) is 7.78. The lowest BCUT2D eigenvalue weighted by Crippen LogP contribution is -2.34. The molecule has 0 spiro atoms. The first-order valence-corrected chi connectivity index (χ1v) is 10.9. The van der Waals surface area contributed by atoms with Crippen LogP contribution in [-0.2, 0) is 6.54 Å². The van der Waals surface area contributed by atoms with Gasteiger partial charge in [-0.2, -0.15) is 0 Å². The van der Waals surface area contributed by atoms with E-state index in [-0.39, 0.29) is 0 Å². The van der Waals surface area contributed by atoms with E-state index >= 15 is 0 Å². The van der Waals surface area contributed by atoms with Crippen LogP contribution < -0.4 is 5.32 Å². The first-order chi connectivity index (χ1) is 11.5. The summed E-state index contributed by atoms with van der Waals surface area (Å²) in [6, 6.07) is 6.64. The minimum Gasteiger partial charge on any atom is -0.319 e. The average Bonchev–Trinajstić information content (AvgIpc) is 2.52. The van der Waals surface area contributed by atoms with Gasteiger partial charge in [-0.15, -0.1) is 0 Å². The molecule has 1 saturated carbocycles. The predicted octanol–water partition coefficient (Wildman–Crippen LogP) is 5.70. The molecule has 1 aromatic rings. The van der Waals surface area contributed by atoms with Gasteiger partial charge in [0.25, 0.3) is 0 Å². The van der Waals surface area contributed by atoms with Crippen molar-refractivity contribution in [1.29, 1.82) is 0 Å². The Balaban J connectivity index is 1.92. The Morgan fingerprint density at radius 3 is 2.33 bits per heavy atom. The monoisotopic (exact) mass is 458 g/mol. The first kappa shape index (κ1) is 20.4. The zero-order valence-electron chi connectivity index (χ0n) is 15.3. The minimum atomic E-state index is 0.713. The van der Waals surface area contributed by atoms with E-state index < -0.39 is 0 Å². The highest BCUT2D eigenvalue weighted by atomic mass is 79.9. The Hall–Kier alpha value is 0.1000. The standard InChI is InChI=1S/C20H32Br2N2/c1-15(2)12-24(14-18-8-9-19(21)20(22)10-18)13-17-6-4-16(5-7-17)11-23-3/h8-10,15-17,23H,4-7,11-14H2,1-3H3. The van der Waals surface area contributed by atoms with Crippen molar-refractivity contribution in [3.63, 3.8) is 0 Å². The van der Waals surface area contributed by atoms with Gasteiger partial charge in [0.1, 0.15) is 0 Å². The van der Waals surface area contributed by atoms with Gasteiger partial charge >= 0.3 is 0 Å². The summed E-state index contributed by atoms with van der Waals surface area (Å²) in [7, 11) is 2.08. The van der Waals surface area contributed by atoms with Crippen LogP contribution in [0.1, 0.15) is 45.1 Å². The third-order valence-corrected chi connectivity index (χ3v) is 6.87. The van der Waals surface area contributed by atoms with Crippen LogP contribution in [0.25, 0.3) is 0 Å². The Kier molecular flexibility index (Phi) is 8.76. The highest BCUT2D eigenvalue weighted by Gasteiger charge is 2.23. The summed E-state index contributed by atoms with van der Waals surface area (Å²) in [6.07, 6.45) is 5.58. The Labute approximate surface area is 165 Å². The highest BCUT2D eigenvalue weighted by molar-refractivity contribution is 9.13. The molecular weight excluding hydrogens is 428 g/mol. The molecule has 0 saturated heterocycles. The summed E-state index contributed by atoms with van der Waals surface area (Å²) in [4.78, 5) is 2.67. The van der Waals surface area contributed by atoms with Crippen molar-refractivity contribution < 1.29 is 0 Å². The first-order valence-electron chi connectivity index (χ1n) is 9.28. The molecule has 1 aliphatic rings. The van der Waals surface area contributed by atoms with E-state index in [1.807, 2.05) is 0 Å². The van der Waals surface area contributed by atoms with Crippen molar-refractivity contribution >= 4 is 31.9 Å². The maximum absolute atomic E-state index is 3.64. The van der Waals surface area contributed by atoms with E-state index in [4.69, 9.17) is 0 Å². The fraction of sp³-hybridized carbons (Fsp3) is 0.700. The summed E-state index contributed by atoms with van der Waals surface area (Å²) in [5.74, 6) is 2.48. The van der Waals surface area contributed by atoms with Crippen LogP contribution in [0, 0.1) is 17.8 Å². The van der Waals surface area contributed by atoms with Crippen molar-refractivity contribution in [2.75, 3.05) is 26.7 Å². The van der Waals surface area contributed by atoms with Crippen molar-refractivity contribution in [3.8, 4) is 0 Å². The van der Waals surface area contributed by atoms with Crippen molar-refractivity contribution in [1.82, 2.24) is 10.2 Å². The number of nitrogens with one attached hydrogen (secondary N) is 1. The third-order valence-electron chi connectivity index (χ3n) is 4.99. The predicted molar refractivity (Wildman–Crippen MR) is 111 cm³/mol. The van der Waals surface area contributed by atoms with E-state index in [2.05, 4.69) is 81.2 Å². The molecule has 0 bridgehead atoms. The van der Waals surface area contributed by atoms with E-state index in [1.54, 1.807) is 0 Å². The fourth-order valence-corrected chi connectivity index (χ4v) is 4.56. The van der Waals surface area contributed by atoms with Gasteiger partial charge < -0.3 is 5.32 Å². The molecule has 0 aromatic heterocycles. The SMILES string of the molecule is CNCC1CCC(CN(Cc2ccc(Br)c(Br)c2)CC(C)C)CC1. The van der Waals surface area contributed by atoms with Gasteiger partial charge in [-0.05, 0) is 107 Å². The maximum Gasteiger partial charge on any atom is 0.0320 e. The molecule has 0 radical (unpaired) electrons. The van der Waals surface area contributed by atoms with Gasteiger partial charge in [-0.3, -0.25) is 4.90 Å². The summed E-state index contributed by atoms with van der Waals surface area (Å²) in [5.41, 5.74) is 1.40. The lowest BCUT2D eigenvalue weighted by molar-refractivity contribution is 0.161. The molecule has 0 heterocycles. The number of hydrogen-bond acceptors (Lipinski definition) is 2. The van der Waals surface area contributed by atoms with Crippen LogP contribution in [0.3, 0.4) is 0 Å². The van der Waals surface area contributed by atoms with Gasteiger partial charge in [0.15, 0.2) is 0 Å². The Morgan fingerprint density at radius 2 is 1.75 bits per heavy atom. The number of nitrogens with zero attached hydrogens (tertiary/aromatic N) is 1. The normalized spacial score (nSPS) is 21.6. The quantitative estimate of drug-likeness (QED) is 0.536. The van der Waals surface area contributed by atoms with Crippen LogP contribution in [0.15, 0.2) is 27.1 Å². The van der Waals surface area contributed by atoms with Crippen LogP contribution >= 0.6 is 31.9 Å². The van der Waals surface area contributed by atoms with Crippen LogP contribution in [0.2, 0.25) is 0 Å². The smallest absolute Gasteiger partial charge is 0.0320 e. The van der Waals surface area contributed by atoms with Crippen molar-refractivity contribution in [3.05, 3.63) is 32.7 Å². The highest BCUT2D eigenvalue weighted by Crippen LogP contribution is 2.30. The lowest BCUT2D eigenvalue weighted by atomic mass is 9.81. The molecular formula is C20H32Br2N2. The zero-order chi connectivity index (χ0) is 17.5. The molecule has 1 N–H and O–H groups in total. The summed E-state index contributed by atoms with van der Waals surface area (Å²) >= 11 is 7.20. The molecule has 1 aliphatic carbocycles. The summed E-state index contributed by atoms with van der Waals surface area (Å²) in [5, 5.41) is 3.34. The number of benzene rings is 1. The molecule has 2 nitrogen and oxygen atoms in total. The average molecular weight is 460 g/mol. The van der Waals surface area contributed by atoms with E-state index in [0.29, 0.717) is 5.92 Å².